The highest BCUT2D eigenvalue weighted by Crippen LogP contribution is 2.43. The van der Waals surface area contributed by atoms with Gasteiger partial charge < -0.3 is 15.2 Å². The second-order valence-corrected chi connectivity index (χ2v) is 8.73. The number of halogens is 1. The number of amides is 1. The smallest absolute Gasteiger partial charge is 0.239 e. The zero-order chi connectivity index (χ0) is 23.4. The molecule has 3 aromatic rings. The van der Waals surface area contributed by atoms with Crippen LogP contribution >= 0.6 is 11.6 Å². The zero-order valence-electron chi connectivity index (χ0n) is 19.0. The predicted octanol–water partition coefficient (Wildman–Crippen LogP) is 5.12. The third kappa shape index (κ3) is 5.00. The third-order valence-electron chi connectivity index (χ3n) is 6.36. The third-order valence-corrected chi connectivity index (χ3v) is 6.59. The first-order valence-electron chi connectivity index (χ1n) is 11.1. The van der Waals surface area contributed by atoms with E-state index in [2.05, 4.69) is 17.0 Å². The summed E-state index contributed by atoms with van der Waals surface area (Å²) in [7, 11) is 3.29. The van der Waals surface area contributed by atoms with Gasteiger partial charge in [0.2, 0.25) is 5.91 Å². The highest BCUT2D eigenvalue weighted by Gasteiger charge is 2.36. The molecular formula is C27H29ClN2O3. The van der Waals surface area contributed by atoms with E-state index in [-0.39, 0.29) is 11.9 Å². The summed E-state index contributed by atoms with van der Waals surface area (Å²) < 4.78 is 11.1. The Morgan fingerprint density at radius 3 is 2.45 bits per heavy atom. The molecule has 2 atom stereocenters. The van der Waals surface area contributed by atoms with Gasteiger partial charge in [-0.15, -0.1) is 0 Å². The van der Waals surface area contributed by atoms with Gasteiger partial charge in [-0.1, -0.05) is 54.1 Å². The van der Waals surface area contributed by atoms with Gasteiger partial charge in [0.15, 0.2) is 11.5 Å². The molecule has 0 spiro atoms. The molecule has 3 aromatic carbocycles. The van der Waals surface area contributed by atoms with Gasteiger partial charge in [-0.2, -0.15) is 0 Å². The summed E-state index contributed by atoms with van der Waals surface area (Å²) >= 11 is 6.22. The Balaban J connectivity index is 1.76. The monoisotopic (exact) mass is 464 g/mol. The first-order valence-corrected chi connectivity index (χ1v) is 11.5. The number of methoxy groups -OCH3 is 2. The van der Waals surface area contributed by atoms with Crippen molar-refractivity contribution in [2.24, 2.45) is 5.73 Å². The van der Waals surface area contributed by atoms with Crippen LogP contribution in [-0.4, -0.2) is 31.6 Å². The van der Waals surface area contributed by atoms with Crippen molar-refractivity contribution in [1.82, 2.24) is 4.90 Å². The molecule has 1 aliphatic rings. The molecule has 0 aromatic heterocycles. The van der Waals surface area contributed by atoms with Crippen molar-refractivity contribution in [3.05, 3.63) is 94.0 Å². The molecule has 0 radical (unpaired) electrons. The molecule has 1 amide bonds. The van der Waals surface area contributed by atoms with E-state index in [1.54, 1.807) is 14.2 Å². The molecule has 0 saturated heterocycles. The normalized spacial score (nSPS) is 16.6. The maximum atomic E-state index is 12.7. The molecule has 0 saturated carbocycles. The van der Waals surface area contributed by atoms with Crippen LogP contribution in [0.25, 0.3) is 0 Å². The summed E-state index contributed by atoms with van der Waals surface area (Å²) in [6.45, 7) is 0.713. The summed E-state index contributed by atoms with van der Waals surface area (Å²) in [5.74, 6) is 1.05. The Morgan fingerprint density at radius 1 is 1.06 bits per heavy atom. The molecule has 172 valence electrons. The minimum Gasteiger partial charge on any atom is -0.493 e. The van der Waals surface area contributed by atoms with Gasteiger partial charge in [0.1, 0.15) is 6.04 Å². The molecule has 4 rings (SSSR count). The van der Waals surface area contributed by atoms with Crippen LogP contribution in [0.2, 0.25) is 5.02 Å². The number of benzene rings is 3. The van der Waals surface area contributed by atoms with Crippen LogP contribution in [0.4, 0.5) is 0 Å². The molecule has 0 fully saturated rings. The molecule has 5 nitrogen and oxygen atoms in total. The minimum absolute atomic E-state index is 0.0229. The Kier molecular flexibility index (Phi) is 7.21. The van der Waals surface area contributed by atoms with Gasteiger partial charge in [-0.05, 0) is 65.8 Å². The molecular weight excluding hydrogens is 436 g/mol. The molecule has 0 aliphatic carbocycles. The highest BCUT2D eigenvalue weighted by atomic mass is 35.5. The minimum atomic E-state index is -0.517. The number of nitrogens with zero attached hydrogens (tertiary/aromatic N) is 1. The van der Waals surface area contributed by atoms with E-state index in [1.807, 2.05) is 54.6 Å². The van der Waals surface area contributed by atoms with Crippen LogP contribution in [0.5, 0.6) is 11.5 Å². The molecule has 2 N–H and O–H groups in total. The van der Waals surface area contributed by atoms with Crippen LogP contribution in [-0.2, 0) is 17.6 Å². The van der Waals surface area contributed by atoms with Gasteiger partial charge in [0.25, 0.3) is 0 Å². The Morgan fingerprint density at radius 2 is 1.79 bits per heavy atom. The second kappa shape index (κ2) is 10.3. The summed E-state index contributed by atoms with van der Waals surface area (Å²) in [5.41, 5.74) is 10.4. The maximum Gasteiger partial charge on any atom is 0.239 e. The molecule has 0 bridgehead atoms. The van der Waals surface area contributed by atoms with Crippen molar-refractivity contribution in [1.29, 1.82) is 0 Å². The first kappa shape index (κ1) is 23.1. The molecule has 1 heterocycles. The lowest BCUT2D eigenvalue weighted by atomic mass is 9.86. The molecule has 2 unspecified atom stereocenters. The number of aryl methyl sites for hydroxylation is 1. The highest BCUT2D eigenvalue weighted by molar-refractivity contribution is 6.30. The number of nitrogens with two attached hydrogens (primary N) is 1. The summed E-state index contributed by atoms with van der Waals surface area (Å²) in [6, 6.07) is 21.2. The largest absolute Gasteiger partial charge is 0.493 e. The van der Waals surface area contributed by atoms with E-state index in [0.29, 0.717) is 18.0 Å². The second-order valence-electron chi connectivity index (χ2n) is 8.29. The Labute approximate surface area is 200 Å². The van der Waals surface area contributed by atoms with Crippen LogP contribution in [0, 0.1) is 0 Å². The quantitative estimate of drug-likeness (QED) is 0.502. The summed E-state index contributed by atoms with van der Waals surface area (Å²) in [6.07, 6.45) is 2.41. The number of hydrogen-bond acceptors (Lipinski definition) is 4. The van der Waals surface area contributed by atoms with E-state index in [9.17, 15) is 4.79 Å². The van der Waals surface area contributed by atoms with E-state index in [1.165, 1.54) is 5.56 Å². The van der Waals surface area contributed by atoms with Crippen LogP contribution in [0.3, 0.4) is 0 Å². The van der Waals surface area contributed by atoms with Crippen LogP contribution in [0.15, 0.2) is 66.7 Å². The fourth-order valence-corrected chi connectivity index (χ4v) is 5.04. The number of carbonyl (C=O) groups is 1. The fraction of sp³-hybridized carbons (Fsp3) is 0.296. The average Bonchev–Trinajstić information content (AvgIpc) is 2.83. The van der Waals surface area contributed by atoms with E-state index in [0.717, 1.165) is 41.0 Å². The predicted molar refractivity (Wildman–Crippen MR) is 131 cm³/mol. The number of carbonyl (C=O) groups excluding carboxylic acids is 1. The number of primary amides is 1. The summed E-state index contributed by atoms with van der Waals surface area (Å²) in [4.78, 5) is 15.0. The van der Waals surface area contributed by atoms with Gasteiger partial charge in [0, 0.05) is 17.6 Å². The van der Waals surface area contributed by atoms with Crippen molar-refractivity contribution in [2.75, 3.05) is 20.8 Å². The number of fused-ring (bicyclic) bond motifs is 1. The topological polar surface area (TPSA) is 64.8 Å². The van der Waals surface area contributed by atoms with Crippen molar-refractivity contribution in [3.63, 3.8) is 0 Å². The fourth-order valence-electron chi connectivity index (χ4n) is 4.83. The van der Waals surface area contributed by atoms with Gasteiger partial charge in [-0.3, -0.25) is 9.69 Å². The Bertz CT molecular complexity index is 1120. The number of rotatable bonds is 8. The summed E-state index contributed by atoms with van der Waals surface area (Å²) in [5, 5.41) is 0.721. The van der Waals surface area contributed by atoms with Crippen molar-refractivity contribution < 1.29 is 14.3 Å². The first-order chi connectivity index (χ1) is 16.0. The van der Waals surface area contributed by atoms with Gasteiger partial charge >= 0.3 is 0 Å². The maximum absolute atomic E-state index is 12.7. The van der Waals surface area contributed by atoms with Gasteiger partial charge in [-0.25, -0.2) is 0 Å². The van der Waals surface area contributed by atoms with E-state index >= 15 is 0 Å². The lowest BCUT2D eigenvalue weighted by Gasteiger charge is -2.41. The van der Waals surface area contributed by atoms with Crippen molar-refractivity contribution >= 4 is 17.5 Å². The van der Waals surface area contributed by atoms with Gasteiger partial charge in [0.05, 0.1) is 14.2 Å². The van der Waals surface area contributed by atoms with Crippen LogP contribution < -0.4 is 15.2 Å². The average molecular weight is 465 g/mol. The molecule has 6 heteroatoms. The number of hydrogen-bond donors (Lipinski definition) is 1. The van der Waals surface area contributed by atoms with E-state index in [4.69, 9.17) is 26.8 Å². The SMILES string of the molecule is COc1cc2c(cc1OC)C(CCc1cccc(Cl)c1)N(C(C(N)=O)c1ccccc1)CC2. The number of ether oxygens (including phenoxy) is 2. The standard InChI is InChI=1S/C27H29ClN2O3/c1-32-24-16-20-13-14-30(26(27(29)31)19-8-4-3-5-9-19)23(22(20)17-25(24)33-2)12-11-18-7-6-10-21(28)15-18/h3-10,15-17,23,26H,11-14H2,1-2H3,(H2,29,31). The van der Waals surface area contributed by atoms with Crippen LogP contribution in [0.1, 0.15) is 40.8 Å². The zero-order valence-corrected chi connectivity index (χ0v) is 19.7. The lowest BCUT2D eigenvalue weighted by Crippen LogP contribution is -2.44. The molecule has 33 heavy (non-hydrogen) atoms. The Hall–Kier alpha value is -3.02. The van der Waals surface area contributed by atoms with Crippen molar-refractivity contribution in [2.45, 2.75) is 31.3 Å². The van der Waals surface area contributed by atoms with E-state index < -0.39 is 6.04 Å². The molecule has 1 aliphatic heterocycles. The van der Waals surface area contributed by atoms with Crippen molar-refractivity contribution in [3.8, 4) is 11.5 Å². The lowest BCUT2D eigenvalue weighted by molar-refractivity contribution is -0.124.